The molecular weight excluding hydrogens is 418 g/mol. The number of carbonyl (C=O) groups is 1. The zero-order chi connectivity index (χ0) is 22.2. The van der Waals surface area contributed by atoms with E-state index in [0.29, 0.717) is 27.4 Å². The Labute approximate surface area is 183 Å². The normalized spacial score (nSPS) is 11.7. The Balaban J connectivity index is 1.77. The Kier molecular flexibility index (Phi) is 5.41. The number of ether oxygens (including phenoxy) is 1. The Morgan fingerprint density at radius 2 is 2.00 bits per heavy atom. The molecule has 4 aromatic rings. The van der Waals surface area contributed by atoms with Gasteiger partial charge in [0.1, 0.15) is 22.5 Å². The van der Waals surface area contributed by atoms with E-state index >= 15 is 0 Å². The SMILES string of the molecule is CC(C)(C)OC(=O)NCCn1nc(-c2cccc(Cl)c2)c2nc3ccccn3c(=O)c21. The average Bonchev–Trinajstić information content (AvgIpc) is 3.05. The first-order valence-corrected chi connectivity index (χ1v) is 10.2. The molecule has 0 aliphatic carbocycles. The fourth-order valence-electron chi connectivity index (χ4n) is 3.27. The topological polar surface area (TPSA) is 90.5 Å². The van der Waals surface area contributed by atoms with Crippen molar-refractivity contribution < 1.29 is 9.53 Å². The van der Waals surface area contributed by atoms with E-state index in [9.17, 15) is 9.59 Å². The lowest BCUT2D eigenvalue weighted by Gasteiger charge is -2.19. The van der Waals surface area contributed by atoms with Crippen LogP contribution in [0.2, 0.25) is 5.02 Å². The molecule has 0 aliphatic heterocycles. The van der Waals surface area contributed by atoms with Crippen LogP contribution in [-0.4, -0.2) is 37.4 Å². The van der Waals surface area contributed by atoms with E-state index in [1.54, 1.807) is 55.9 Å². The molecule has 0 radical (unpaired) electrons. The number of nitrogens with zero attached hydrogens (tertiary/aromatic N) is 4. The van der Waals surface area contributed by atoms with Gasteiger partial charge in [-0.25, -0.2) is 9.78 Å². The first-order valence-electron chi connectivity index (χ1n) is 9.84. The number of fused-ring (bicyclic) bond motifs is 2. The molecule has 1 amide bonds. The minimum atomic E-state index is -0.593. The molecule has 3 heterocycles. The minimum absolute atomic E-state index is 0.234. The van der Waals surface area contributed by atoms with Crippen LogP contribution in [0.4, 0.5) is 4.79 Å². The summed E-state index contributed by atoms with van der Waals surface area (Å²) in [5.74, 6) is 0. The summed E-state index contributed by atoms with van der Waals surface area (Å²) in [5, 5.41) is 7.90. The number of rotatable bonds is 4. The van der Waals surface area contributed by atoms with Crippen LogP contribution in [0.25, 0.3) is 27.9 Å². The van der Waals surface area contributed by atoms with E-state index in [1.807, 2.05) is 18.2 Å². The third-order valence-electron chi connectivity index (χ3n) is 4.50. The molecule has 31 heavy (non-hydrogen) atoms. The van der Waals surface area contributed by atoms with Gasteiger partial charge in [0.2, 0.25) is 0 Å². The second-order valence-corrected chi connectivity index (χ2v) is 8.49. The Hall–Kier alpha value is -3.39. The second kappa shape index (κ2) is 8.03. The van der Waals surface area contributed by atoms with Gasteiger partial charge in [0.05, 0.1) is 6.54 Å². The summed E-state index contributed by atoms with van der Waals surface area (Å²) >= 11 is 6.17. The molecule has 160 valence electrons. The highest BCUT2D eigenvalue weighted by Gasteiger charge is 2.20. The van der Waals surface area contributed by atoms with Gasteiger partial charge in [-0.05, 0) is 45.0 Å². The second-order valence-electron chi connectivity index (χ2n) is 8.05. The predicted molar refractivity (Wildman–Crippen MR) is 119 cm³/mol. The molecule has 1 N–H and O–H groups in total. The number of hydrogen-bond acceptors (Lipinski definition) is 5. The Morgan fingerprint density at radius 3 is 2.74 bits per heavy atom. The largest absolute Gasteiger partial charge is 0.444 e. The van der Waals surface area contributed by atoms with Crippen molar-refractivity contribution in [2.24, 2.45) is 0 Å². The number of benzene rings is 1. The van der Waals surface area contributed by atoms with Crippen molar-refractivity contribution in [1.29, 1.82) is 0 Å². The Morgan fingerprint density at radius 1 is 1.19 bits per heavy atom. The molecule has 8 nitrogen and oxygen atoms in total. The summed E-state index contributed by atoms with van der Waals surface area (Å²) in [7, 11) is 0. The van der Waals surface area contributed by atoms with Crippen molar-refractivity contribution in [2.45, 2.75) is 32.9 Å². The number of aromatic nitrogens is 4. The van der Waals surface area contributed by atoms with Crippen LogP contribution < -0.4 is 10.9 Å². The first-order chi connectivity index (χ1) is 14.7. The number of nitrogens with one attached hydrogen (secondary N) is 1. The molecular formula is C22H22ClN5O3. The van der Waals surface area contributed by atoms with E-state index in [2.05, 4.69) is 15.4 Å². The maximum atomic E-state index is 13.2. The van der Waals surface area contributed by atoms with Crippen LogP contribution in [0.1, 0.15) is 20.8 Å². The van der Waals surface area contributed by atoms with Crippen LogP contribution in [0.15, 0.2) is 53.5 Å². The molecule has 0 unspecified atom stereocenters. The number of halogens is 1. The van der Waals surface area contributed by atoms with Gasteiger partial charge in [-0.2, -0.15) is 5.10 Å². The molecule has 0 saturated carbocycles. The molecule has 0 saturated heterocycles. The van der Waals surface area contributed by atoms with Gasteiger partial charge in [0.25, 0.3) is 5.56 Å². The molecule has 0 spiro atoms. The fraction of sp³-hybridized carbons (Fsp3) is 0.273. The number of pyridine rings is 1. The zero-order valence-corrected chi connectivity index (χ0v) is 18.2. The van der Waals surface area contributed by atoms with Crippen molar-refractivity contribution >= 4 is 34.4 Å². The highest BCUT2D eigenvalue weighted by Crippen LogP contribution is 2.27. The van der Waals surface area contributed by atoms with E-state index in [4.69, 9.17) is 16.3 Å². The number of carbonyl (C=O) groups excluding carboxylic acids is 1. The molecule has 0 atom stereocenters. The monoisotopic (exact) mass is 439 g/mol. The standard InChI is InChI=1S/C22H22ClN5O3/c1-22(2,3)31-21(30)24-10-12-28-19-18(17(26-28)14-7-6-8-15(23)13-14)25-16-9-4-5-11-27(16)20(19)29/h4-9,11,13H,10,12H2,1-3H3,(H,24,30). The lowest BCUT2D eigenvalue weighted by atomic mass is 10.1. The predicted octanol–water partition coefficient (Wildman–Crippen LogP) is 3.89. The van der Waals surface area contributed by atoms with E-state index in [-0.39, 0.29) is 18.6 Å². The van der Waals surface area contributed by atoms with Crippen molar-refractivity contribution in [3.8, 4) is 11.3 Å². The first kappa shape index (κ1) is 20.9. The molecule has 9 heteroatoms. The van der Waals surface area contributed by atoms with E-state index in [1.165, 1.54) is 4.40 Å². The van der Waals surface area contributed by atoms with Gasteiger partial charge in [0, 0.05) is 23.3 Å². The number of hydrogen-bond donors (Lipinski definition) is 1. The minimum Gasteiger partial charge on any atom is -0.444 e. The highest BCUT2D eigenvalue weighted by atomic mass is 35.5. The van der Waals surface area contributed by atoms with Crippen LogP contribution in [0, 0.1) is 0 Å². The zero-order valence-electron chi connectivity index (χ0n) is 17.4. The summed E-state index contributed by atoms with van der Waals surface area (Å²) in [6, 6.07) is 12.6. The number of alkyl carbamates (subject to hydrolysis) is 1. The van der Waals surface area contributed by atoms with Gasteiger partial charge in [-0.3, -0.25) is 13.9 Å². The van der Waals surface area contributed by atoms with Crippen LogP contribution in [0.3, 0.4) is 0 Å². The van der Waals surface area contributed by atoms with Crippen molar-refractivity contribution in [1.82, 2.24) is 24.5 Å². The van der Waals surface area contributed by atoms with Crippen LogP contribution >= 0.6 is 11.6 Å². The molecule has 0 aliphatic rings. The number of amides is 1. The summed E-state index contributed by atoms with van der Waals surface area (Å²) in [4.78, 5) is 29.9. The lowest BCUT2D eigenvalue weighted by Crippen LogP contribution is -2.34. The Bertz CT molecular complexity index is 1340. The quantitative estimate of drug-likeness (QED) is 0.521. The van der Waals surface area contributed by atoms with Gasteiger partial charge in [-0.1, -0.05) is 29.8 Å². The van der Waals surface area contributed by atoms with Crippen molar-refractivity contribution in [3.05, 3.63) is 64.0 Å². The maximum absolute atomic E-state index is 13.2. The van der Waals surface area contributed by atoms with Crippen molar-refractivity contribution in [3.63, 3.8) is 0 Å². The van der Waals surface area contributed by atoms with Gasteiger partial charge in [-0.15, -0.1) is 0 Å². The smallest absolute Gasteiger partial charge is 0.407 e. The van der Waals surface area contributed by atoms with Gasteiger partial charge in [0.15, 0.2) is 5.52 Å². The van der Waals surface area contributed by atoms with E-state index < -0.39 is 11.7 Å². The summed E-state index contributed by atoms with van der Waals surface area (Å²) < 4.78 is 8.30. The molecule has 3 aromatic heterocycles. The fourth-order valence-corrected chi connectivity index (χ4v) is 3.46. The molecule has 1 aromatic carbocycles. The van der Waals surface area contributed by atoms with Gasteiger partial charge < -0.3 is 10.1 Å². The molecule has 0 fully saturated rings. The van der Waals surface area contributed by atoms with Crippen LogP contribution in [0.5, 0.6) is 0 Å². The average molecular weight is 440 g/mol. The summed E-state index contributed by atoms with van der Waals surface area (Å²) in [5.41, 5.74) is 1.83. The lowest BCUT2D eigenvalue weighted by molar-refractivity contribution is 0.0526. The molecule has 0 bridgehead atoms. The maximum Gasteiger partial charge on any atom is 0.407 e. The van der Waals surface area contributed by atoms with Crippen LogP contribution in [-0.2, 0) is 11.3 Å². The summed E-state index contributed by atoms with van der Waals surface area (Å²) in [6.45, 7) is 5.89. The van der Waals surface area contributed by atoms with Gasteiger partial charge >= 0.3 is 6.09 Å². The third-order valence-corrected chi connectivity index (χ3v) is 4.74. The summed E-state index contributed by atoms with van der Waals surface area (Å²) in [6.07, 6.45) is 1.14. The van der Waals surface area contributed by atoms with E-state index in [0.717, 1.165) is 5.56 Å². The van der Waals surface area contributed by atoms with Crippen molar-refractivity contribution in [2.75, 3.05) is 6.54 Å². The third kappa shape index (κ3) is 4.39. The highest BCUT2D eigenvalue weighted by molar-refractivity contribution is 6.30. The molecule has 4 rings (SSSR count).